The lowest BCUT2D eigenvalue weighted by molar-refractivity contribution is 0.274. The Hall–Kier alpha value is -0.620. The molecule has 1 aliphatic rings. The summed E-state index contributed by atoms with van der Waals surface area (Å²) >= 11 is 0. The minimum Gasteiger partial charge on any atom is -0.313 e. The van der Waals surface area contributed by atoms with Gasteiger partial charge >= 0.3 is 0 Å². The van der Waals surface area contributed by atoms with E-state index in [0.717, 1.165) is 18.7 Å². The zero-order chi connectivity index (χ0) is 12.3. The third-order valence-corrected chi connectivity index (χ3v) is 5.10. The maximum atomic E-state index is 12.0. The second-order valence-electron chi connectivity index (χ2n) is 4.38. The van der Waals surface area contributed by atoms with Crippen LogP contribution in [-0.4, -0.2) is 44.7 Å². The maximum absolute atomic E-state index is 12.0. The molecule has 18 heavy (non-hydrogen) atoms. The molecule has 0 saturated carbocycles. The molecule has 102 valence electrons. The zero-order valence-electron chi connectivity index (χ0n) is 10.4. The number of benzene rings is 1. The van der Waals surface area contributed by atoms with Gasteiger partial charge in [0.05, 0.1) is 5.75 Å². The van der Waals surface area contributed by atoms with Gasteiger partial charge in [0, 0.05) is 26.2 Å². The quantitative estimate of drug-likeness (QED) is 0.876. The topological polar surface area (TPSA) is 49.4 Å². The van der Waals surface area contributed by atoms with Gasteiger partial charge in [-0.15, -0.1) is 12.4 Å². The highest BCUT2D eigenvalue weighted by atomic mass is 35.5. The minimum atomic E-state index is -3.13. The van der Waals surface area contributed by atoms with Crippen LogP contribution in [0.1, 0.15) is 5.56 Å². The highest BCUT2D eigenvalue weighted by Crippen LogP contribution is 2.10. The summed E-state index contributed by atoms with van der Waals surface area (Å²) in [6, 6.07) is 9.85. The summed E-state index contributed by atoms with van der Waals surface area (Å²) in [6.45, 7) is 1.53. The highest BCUT2D eigenvalue weighted by molar-refractivity contribution is 7.89. The number of hydrogen-bond donors (Lipinski definition) is 1. The number of likely N-dealkylation sites (N-methyl/N-ethyl adjacent to an activating group) is 1. The van der Waals surface area contributed by atoms with E-state index in [1.54, 1.807) is 7.05 Å². The van der Waals surface area contributed by atoms with E-state index in [2.05, 4.69) is 5.32 Å². The Balaban J connectivity index is 0.00000162. The fourth-order valence-corrected chi connectivity index (χ4v) is 3.18. The van der Waals surface area contributed by atoms with Crippen molar-refractivity contribution in [2.24, 2.45) is 0 Å². The van der Waals surface area contributed by atoms with E-state index in [9.17, 15) is 8.42 Å². The Morgan fingerprint density at radius 1 is 1.28 bits per heavy atom. The number of rotatable bonds is 5. The number of aryl methyl sites for hydroxylation is 1. The molecule has 4 nitrogen and oxygen atoms in total. The molecule has 0 unspecified atom stereocenters. The van der Waals surface area contributed by atoms with E-state index in [1.165, 1.54) is 4.31 Å². The van der Waals surface area contributed by atoms with E-state index in [1.807, 2.05) is 30.3 Å². The van der Waals surface area contributed by atoms with E-state index in [4.69, 9.17) is 0 Å². The minimum absolute atomic E-state index is 0. The molecular formula is C12H19ClN2O2S. The first-order chi connectivity index (χ1) is 8.09. The molecule has 1 aromatic rings. The molecule has 2 rings (SSSR count). The Bertz CT molecular complexity index is 460. The van der Waals surface area contributed by atoms with Crippen LogP contribution in [0.4, 0.5) is 0 Å². The normalized spacial score (nSPS) is 16.1. The monoisotopic (exact) mass is 290 g/mol. The molecule has 1 N–H and O–H groups in total. The van der Waals surface area contributed by atoms with Crippen LogP contribution in [0.2, 0.25) is 0 Å². The van der Waals surface area contributed by atoms with Crippen molar-refractivity contribution in [2.75, 3.05) is 25.9 Å². The summed E-state index contributed by atoms with van der Waals surface area (Å²) in [4.78, 5) is 0. The summed E-state index contributed by atoms with van der Waals surface area (Å²) in [7, 11) is -1.45. The smallest absolute Gasteiger partial charge is 0.214 e. The fraction of sp³-hybridized carbons (Fsp3) is 0.500. The van der Waals surface area contributed by atoms with Gasteiger partial charge in [-0.2, -0.15) is 4.31 Å². The average molecular weight is 291 g/mol. The molecule has 1 aromatic carbocycles. The maximum Gasteiger partial charge on any atom is 0.214 e. The predicted molar refractivity (Wildman–Crippen MR) is 75.6 cm³/mol. The first-order valence-electron chi connectivity index (χ1n) is 5.80. The van der Waals surface area contributed by atoms with E-state index in [-0.39, 0.29) is 24.2 Å². The van der Waals surface area contributed by atoms with Crippen LogP contribution in [0.15, 0.2) is 30.3 Å². The van der Waals surface area contributed by atoms with Gasteiger partial charge in [-0.05, 0) is 12.0 Å². The van der Waals surface area contributed by atoms with Gasteiger partial charge in [0.2, 0.25) is 10.0 Å². The lowest BCUT2D eigenvalue weighted by Crippen LogP contribution is -2.57. The summed E-state index contributed by atoms with van der Waals surface area (Å²) in [5.41, 5.74) is 1.07. The predicted octanol–water partition coefficient (Wildman–Crippen LogP) is 0.884. The van der Waals surface area contributed by atoms with Crippen LogP contribution in [0.3, 0.4) is 0 Å². The largest absolute Gasteiger partial charge is 0.313 e. The van der Waals surface area contributed by atoms with Crippen molar-refractivity contribution in [1.29, 1.82) is 0 Å². The molecular weight excluding hydrogens is 272 g/mol. The lowest BCUT2D eigenvalue weighted by atomic mass is 10.2. The lowest BCUT2D eigenvalue weighted by Gasteiger charge is -2.34. The average Bonchev–Trinajstić information content (AvgIpc) is 2.26. The molecule has 1 heterocycles. The highest BCUT2D eigenvalue weighted by Gasteiger charge is 2.29. The Labute approximate surface area is 115 Å². The van der Waals surface area contributed by atoms with Gasteiger partial charge in [0.1, 0.15) is 0 Å². The van der Waals surface area contributed by atoms with Crippen molar-refractivity contribution >= 4 is 22.4 Å². The summed E-state index contributed by atoms with van der Waals surface area (Å²) < 4.78 is 25.6. The summed E-state index contributed by atoms with van der Waals surface area (Å²) in [5, 5.41) is 3.08. The van der Waals surface area contributed by atoms with Crippen LogP contribution in [-0.2, 0) is 16.4 Å². The molecule has 0 aliphatic carbocycles. The van der Waals surface area contributed by atoms with E-state index in [0.29, 0.717) is 6.42 Å². The van der Waals surface area contributed by atoms with Crippen molar-refractivity contribution < 1.29 is 8.42 Å². The number of halogens is 1. The molecule has 0 spiro atoms. The number of sulfonamides is 1. The fourth-order valence-electron chi connectivity index (χ4n) is 1.79. The van der Waals surface area contributed by atoms with Crippen LogP contribution in [0.5, 0.6) is 0 Å². The van der Waals surface area contributed by atoms with Gasteiger partial charge < -0.3 is 5.32 Å². The standard InChI is InChI=1S/C12H18N2O2S.ClH/c1-14(12-9-13-10-12)17(15,16)8-7-11-5-3-2-4-6-11;/h2-6,12-13H,7-10H2,1H3;1H. The van der Waals surface area contributed by atoms with E-state index >= 15 is 0 Å². The second kappa shape index (κ2) is 6.52. The van der Waals surface area contributed by atoms with Gasteiger partial charge in [-0.25, -0.2) is 8.42 Å². The van der Waals surface area contributed by atoms with Gasteiger partial charge in [-0.3, -0.25) is 0 Å². The molecule has 0 aromatic heterocycles. The Morgan fingerprint density at radius 2 is 1.89 bits per heavy atom. The number of nitrogens with one attached hydrogen (secondary N) is 1. The van der Waals surface area contributed by atoms with Gasteiger partial charge in [0.15, 0.2) is 0 Å². The van der Waals surface area contributed by atoms with Crippen molar-refractivity contribution in [1.82, 2.24) is 9.62 Å². The molecule has 0 atom stereocenters. The third kappa shape index (κ3) is 3.68. The summed E-state index contributed by atoms with van der Waals surface area (Å²) in [6.07, 6.45) is 0.577. The van der Waals surface area contributed by atoms with Gasteiger partial charge in [0.25, 0.3) is 0 Å². The van der Waals surface area contributed by atoms with Crippen LogP contribution in [0, 0.1) is 0 Å². The van der Waals surface area contributed by atoms with Crippen molar-refractivity contribution in [3.8, 4) is 0 Å². The second-order valence-corrected chi connectivity index (χ2v) is 6.53. The number of nitrogens with zero attached hydrogens (tertiary/aromatic N) is 1. The molecule has 6 heteroatoms. The third-order valence-electron chi connectivity index (χ3n) is 3.20. The molecule has 0 amide bonds. The van der Waals surface area contributed by atoms with Crippen LogP contribution >= 0.6 is 12.4 Å². The van der Waals surface area contributed by atoms with Crippen molar-refractivity contribution in [2.45, 2.75) is 12.5 Å². The Kier molecular flexibility index (Phi) is 5.59. The first kappa shape index (κ1) is 15.4. The zero-order valence-corrected chi connectivity index (χ0v) is 12.0. The van der Waals surface area contributed by atoms with Gasteiger partial charge in [-0.1, -0.05) is 30.3 Å². The number of hydrogen-bond acceptors (Lipinski definition) is 3. The molecule has 0 radical (unpaired) electrons. The van der Waals surface area contributed by atoms with Crippen LogP contribution < -0.4 is 5.32 Å². The van der Waals surface area contributed by atoms with Crippen molar-refractivity contribution in [3.63, 3.8) is 0 Å². The summed E-state index contributed by atoms with van der Waals surface area (Å²) in [5.74, 6) is 0.185. The SMILES string of the molecule is CN(C1CNC1)S(=O)(=O)CCc1ccccc1.Cl. The molecule has 1 fully saturated rings. The van der Waals surface area contributed by atoms with Crippen LogP contribution in [0.25, 0.3) is 0 Å². The first-order valence-corrected chi connectivity index (χ1v) is 7.41. The van der Waals surface area contributed by atoms with E-state index < -0.39 is 10.0 Å². The molecule has 0 bridgehead atoms. The van der Waals surface area contributed by atoms with Crippen molar-refractivity contribution in [3.05, 3.63) is 35.9 Å². The molecule has 1 saturated heterocycles. The Morgan fingerprint density at radius 3 is 2.39 bits per heavy atom. The molecule has 1 aliphatic heterocycles.